The Bertz CT molecular complexity index is 982. The van der Waals surface area contributed by atoms with Crippen LogP contribution in [0.5, 0.6) is 0 Å². The average Bonchev–Trinajstić information content (AvgIpc) is 3.24. The first-order valence-electron chi connectivity index (χ1n) is 9.98. The number of aromatic nitrogens is 3. The molecule has 8 heteroatoms. The number of carbonyl (C=O) groups is 1. The second-order valence-corrected chi connectivity index (χ2v) is 8.54. The van der Waals surface area contributed by atoms with E-state index < -0.39 is 0 Å². The van der Waals surface area contributed by atoms with Gasteiger partial charge in [0.15, 0.2) is 5.82 Å². The van der Waals surface area contributed by atoms with E-state index in [-0.39, 0.29) is 11.2 Å². The maximum Gasteiger partial charge on any atom is 0.237 e. The number of hydrogen-bond acceptors (Lipinski definition) is 6. The number of anilines is 2. The number of amides is 1. The standard InChI is InChI=1S/C22H25N5O2S/c1-15-3-5-17(6-4-15)20-24-22(26-25-20)30-16(2)21(28)23-18-7-9-19(10-8-18)27-11-13-29-14-12-27/h3-10,16H,11-14H2,1-2H3,(H,23,28)(H,24,25,26)/t16-/m0/s1. The Hall–Kier alpha value is -2.84. The van der Waals surface area contributed by atoms with E-state index in [0.29, 0.717) is 11.0 Å². The smallest absolute Gasteiger partial charge is 0.237 e. The minimum absolute atomic E-state index is 0.0826. The quantitative estimate of drug-likeness (QED) is 0.588. The molecule has 1 aliphatic rings. The van der Waals surface area contributed by atoms with Crippen LogP contribution in [0.3, 0.4) is 0 Å². The molecule has 1 saturated heterocycles. The van der Waals surface area contributed by atoms with Crippen molar-refractivity contribution in [2.75, 3.05) is 36.5 Å². The van der Waals surface area contributed by atoms with E-state index >= 15 is 0 Å². The van der Waals surface area contributed by atoms with Gasteiger partial charge in [0, 0.05) is 30.0 Å². The maximum absolute atomic E-state index is 12.6. The van der Waals surface area contributed by atoms with Crippen LogP contribution in [0.4, 0.5) is 11.4 Å². The molecule has 1 fully saturated rings. The Kier molecular flexibility index (Phi) is 6.35. The molecular formula is C22H25N5O2S. The third kappa shape index (κ3) is 5.01. The number of hydrogen-bond donors (Lipinski definition) is 2. The molecule has 0 spiro atoms. The lowest BCUT2D eigenvalue weighted by molar-refractivity contribution is -0.115. The molecule has 0 radical (unpaired) electrons. The average molecular weight is 424 g/mol. The molecule has 4 rings (SSSR count). The Labute approximate surface area is 180 Å². The van der Waals surface area contributed by atoms with E-state index in [1.807, 2.05) is 62.4 Å². The Balaban J connectivity index is 1.33. The summed E-state index contributed by atoms with van der Waals surface area (Å²) in [4.78, 5) is 19.4. The van der Waals surface area contributed by atoms with Gasteiger partial charge in [0.2, 0.25) is 11.1 Å². The van der Waals surface area contributed by atoms with Crippen LogP contribution in [0, 0.1) is 6.92 Å². The highest BCUT2D eigenvalue weighted by atomic mass is 32.2. The maximum atomic E-state index is 12.6. The number of rotatable bonds is 6. The highest BCUT2D eigenvalue weighted by molar-refractivity contribution is 8.00. The zero-order chi connectivity index (χ0) is 20.9. The van der Waals surface area contributed by atoms with Gasteiger partial charge < -0.3 is 15.0 Å². The van der Waals surface area contributed by atoms with Gasteiger partial charge in [-0.1, -0.05) is 41.6 Å². The zero-order valence-corrected chi connectivity index (χ0v) is 17.9. The van der Waals surface area contributed by atoms with Gasteiger partial charge in [-0.15, -0.1) is 5.10 Å². The van der Waals surface area contributed by atoms with Crippen molar-refractivity contribution in [2.24, 2.45) is 0 Å². The molecule has 1 aliphatic heterocycles. The summed E-state index contributed by atoms with van der Waals surface area (Å²) in [5, 5.41) is 10.4. The number of benzene rings is 2. The number of nitrogens with one attached hydrogen (secondary N) is 2. The normalized spacial score (nSPS) is 15.1. The molecule has 0 bridgehead atoms. The fourth-order valence-corrected chi connectivity index (χ4v) is 3.90. The number of aryl methyl sites for hydroxylation is 1. The fraction of sp³-hybridized carbons (Fsp3) is 0.318. The summed E-state index contributed by atoms with van der Waals surface area (Å²) in [6.07, 6.45) is 0. The Morgan fingerprint density at radius 2 is 1.83 bits per heavy atom. The number of carbonyl (C=O) groups excluding carboxylic acids is 1. The summed E-state index contributed by atoms with van der Waals surface area (Å²) in [7, 11) is 0. The van der Waals surface area contributed by atoms with Gasteiger partial charge in [0.05, 0.1) is 18.5 Å². The second-order valence-electron chi connectivity index (χ2n) is 7.23. The number of aromatic amines is 1. The topological polar surface area (TPSA) is 83.1 Å². The lowest BCUT2D eigenvalue weighted by atomic mass is 10.1. The molecule has 2 aromatic carbocycles. The van der Waals surface area contributed by atoms with Crippen molar-refractivity contribution in [1.82, 2.24) is 15.2 Å². The minimum atomic E-state index is -0.328. The van der Waals surface area contributed by atoms with E-state index in [4.69, 9.17) is 4.74 Å². The predicted molar refractivity (Wildman–Crippen MR) is 120 cm³/mol. The van der Waals surface area contributed by atoms with Crippen LogP contribution in [0.1, 0.15) is 12.5 Å². The molecule has 0 unspecified atom stereocenters. The largest absolute Gasteiger partial charge is 0.378 e. The number of morpholine rings is 1. The summed E-state index contributed by atoms with van der Waals surface area (Å²) >= 11 is 1.33. The minimum Gasteiger partial charge on any atom is -0.378 e. The first-order chi connectivity index (χ1) is 14.6. The van der Waals surface area contributed by atoms with Gasteiger partial charge in [-0.05, 0) is 38.1 Å². The summed E-state index contributed by atoms with van der Waals surface area (Å²) < 4.78 is 5.39. The number of thioether (sulfide) groups is 1. The van der Waals surface area contributed by atoms with Crippen LogP contribution in [0.15, 0.2) is 53.7 Å². The lowest BCUT2D eigenvalue weighted by Gasteiger charge is -2.28. The number of nitrogens with zero attached hydrogens (tertiary/aromatic N) is 3. The van der Waals surface area contributed by atoms with Crippen molar-refractivity contribution in [3.8, 4) is 11.4 Å². The zero-order valence-electron chi connectivity index (χ0n) is 17.1. The molecule has 0 saturated carbocycles. The van der Waals surface area contributed by atoms with Crippen LogP contribution in [-0.4, -0.2) is 52.6 Å². The molecule has 156 valence electrons. The van der Waals surface area contributed by atoms with Crippen LogP contribution < -0.4 is 10.2 Å². The first kappa shape index (κ1) is 20.4. The molecule has 3 aromatic rings. The van der Waals surface area contributed by atoms with Crippen molar-refractivity contribution in [2.45, 2.75) is 24.3 Å². The van der Waals surface area contributed by atoms with Gasteiger partial charge in [-0.3, -0.25) is 9.89 Å². The molecule has 1 atom stereocenters. The van der Waals surface area contributed by atoms with Crippen molar-refractivity contribution in [3.63, 3.8) is 0 Å². The van der Waals surface area contributed by atoms with Gasteiger partial charge in [-0.2, -0.15) is 0 Å². The van der Waals surface area contributed by atoms with Gasteiger partial charge in [0.1, 0.15) is 0 Å². The SMILES string of the molecule is Cc1ccc(-c2nc(S[C@@H](C)C(=O)Nc3ccc(N4CCOCC4)cc3)n[nH]2)cc1. The van der Waals surface area contributed by atoms with E-state index in [9.17, 15) is 4.79 Å². The molecule has 7 nitrogen and oxygen atoms in total. The molecule has 30 heavy (non-hydrogen) atoms. The van der Waals surface area contributed by atoms with Crippen molar-refractivity contribution in [1.29, 1.82) is 0 Å². The fourth-order valence-electron chi connectivity index (χ4n) is 3.17. The van der Waals surface area contributed by atoms with Gasteiger partial charge in [0.25, 0.3) is 0 Å². The highest BCUT2D eigenvalue weighted by Gasteiger charge is 2.18. The molecule has 1 aromatic heterocycles. The molecule has 1 amide bonds. The van der Waals surface area contributed by atoms with Crippen LogP contribution in [-0.2, 0) is 9.53 Å². The monoisotopic (exact) mass is 423 g/mol. The summed E-state index contributed by atoms with van der Waals surface area (Å²) in [6, 6.07) is 16.0. The van der Waals surface area contributed by atoms with Gasteiger partial charge >= 0.3 is 0 Å². The second kappa shape index (κ2) is 9.32. The van der Waals surface area contributed by atoms with Gasteiger partial charge in [-0.25, -0.2) is 4.98 Å². The third-order valence-corrected chi connectivity index (χ3v) is 5.91. The number of H-pyrrole nitrogens is 1. The summed E-state index contributed by atoms with van der Waals surface area (Å²) in [6.45, 7) is 7.17. The third-order valence-electron chi connectivity index (χ3n) is 4.95. The molecular weight excluding hydrogens is 398 g/mol. The van der Waals surface area contributed by atoms with E-state index in [1.54, 1.807) is 0 Å². The van der Waals surface area contributed by atoms with Crippen molar-refractivity contribution >= 4 is 29.0 Å². The summed E-state index contributed by atoms with van der Waals surface area (Å²) in [5.41, 5.74) is 4.08. The van der Waals surface area contributed by atoms with Crippen molar-refractivity contribution < 1.29 is 9.53 Å². The molecule has 2 heterocycles. The lowest BCUT2D eigenvalue weighted by Crippen LogP contribution is -2.36. The van der Waals surface area contributed by atoms with E-state index in [0.717, 1.165) is 43.2 Å². The highest BCUT2D eigenvalue weighted by Crippen LogP contribution is 2.24. The summed E-state index contributed by atoms with van der Waals surface area (Å²) in [5.74, 6) is 0.615. The van der Waals surface area contributed by atoms with Crippen LogP contribution >= 0.6 is 11.8 Å². The Morgan fingerprint density at radius 3 is 2.53 bits per heavy atom. The Morgan fingerprint density at radius 1 is 1.13 bits per heavy atom. The van der Waals surface area contributed by atoms with Crippen molar-refractivity contribution in [3.05, 3.63) is 54.1 Å². The molecule has 0 aliphatic carbocycles. The van der Waals surface area contributed by atoms with E-state index in [1.165, 1.54) is 17.3 Å². The van der Waals surface area contributed by atoms with Crippen LogP contribution in [0.2, 0.25) is 0 Å². The molecule has 2 N–H and O–H groups in total. The van der Waals surface area contributed by atoms with E-state index in [2.05, 4.69) is 25.4 Å². The number of ether oxygens (including phenoxy) is 1. The van der Waals surface area contributed by atoms with Crippen LogP contribution in [0.25, 0.3) is 11.4 Å². The first-order valence-corrected chi connectivity index (χ1v) is 10.9. The predicted octanol–water partition coefficient (Wildman–Crippen LogP) is 3.74.